The molecule has 2 atom stereocenters. The van der Waals surface area contributed by atoms with E-state index in [0.29, 0.717) is 12.6 Å². The molecule has 0 aromatic carbocycles. The van der Waals surface area contributed by atoms with Crippen molar-refractivity contribution in [1.82, 2.24) is 10.6 Å². The lowest BCUT2D eigenvalue weighted by Gasteiger charge is -2.18. The maximum absolute atomic E-state index is 5.61. The molecule has 4 nitrogen and oxygen atoms in total. The van der Waals surface area contributed by atoms with Gasteiger partial charge in [-0.15, -0.1) is 6.58 Å². The van der Waals surface area contributed by atoms with Crippen molar-refractivity contribution in [3.63, 3.8) is 0 Å². The zero-order chi connectivity index (χ0) is 10.1. The Bertz CT molecular complexity index is 125. The summed E-state index contributed by atoms with van der Waals surface area (Å²) in [4.78, 5) is 0. The molecule has 0 aliphatic heterocycles. The van der Waals surface area contributed by atoms with Gasteiger partial charge in [-0.3, -0.25) is 0 Å². The molecule has 0 saturated carbocycles. The van der Waals surface area contributed by atoms with E-state index in [4.69, 9.17) is 11.5 Å². The van der Waals surface area contributed by atoms with Gasteiger partial charge in [-0.25, -0.2) is 0 Å². The highest BCUT2D eigenvalue weighted by Crippen LogP contribution is 1.79. The van der Waals surface area contributed by atoms with Crippen LogP contribution in [0.5, 0.6) is 0 Å². The van der Waals surface area contributed by atoms with Crippen LogP contribution in [0, 0.1) is 0 Å². The average Bonchev–Trinajstić information content (AvgIpc) is 2.10. The van der Waals surface area contributed by atoms with E-state index < -0.39 is 0 Å². The Kier molecular flexibility index (Phi) is 7.93. The molecule has 2 unspecified atom stereocenters. The number of hydrogen-bond donors (Lipinski definition) is 4. The molecule has 0 amide bonds. The van der Waals surface area contributed by atoms with Crippen molar-refractivity contribution in [3.05, 3.63) is 12.7 Å². The van der Waals surface area contributed by atoms with Crippen molar-refractivity contribution in [2.75, 3.05) is 26.2 Å². The third-order valence-electron chi connectivity index (χ3n) is 1.69. The Hall–Kier alpha value is -0.420. The van der Waals surface area contributed by atoms with Crippen molar-refractivity contribution in [2.45, 2.75) is 19.0 Å². The first-order chi connectivity index (χ1) is 6.20. The van der Waals surface area contributed by atoms with E-state index in [0.717, 1.165) is 19.6 Å². The van der Waals surface area contributed by atoms with Gasteiger partial charge in [0.25, 0.3) is 0 Å². The molecule has 0 aliphatic rings. The number of nitrogens with one attached hydrogen (secondary N) is 2. The molecule has 6 N–H and O–H groups in total. The molecular formula is C9H22N4. The molecule has 0 aromatic rings. The predicted octanol–water partition coefficient (Wildman–Crippen LogP) is -0.974. The minimum atomic E-state index is 0.174. The lowest BCUT2D eigenvalue weighted by molar-refractivity contribution is 0.472. The largest absolute Gasteiger partial charge is 0.329 e. The number of rotatable bonds is 8. The smallest absolute Gasteiger partial charge is 0.0316 e. The van der Waals surface area contributed by atoms with Gasteiger partial charge in [-0.05, 0) is 6.92 Å². The third kappa shape index (κ3) is 7.93. The van der Waals surface area contributed by atoms with Crippen LogP contribution in [0.3, 0.4) is 0 Å². The Morgan fingerprint density at radius 2 is 2.15 bits per heavy atom. The maximum Gasteiger partial charge on any atom is 0.0316 e. The van der Waals surface area contributed by atoms with Gasteiger partial charge in [0.2, 0.25) is 0 Å². The molecule has 4 heteroatoms. The normalized spacial score (nSPS) is 15.3. The molecule has 0 saturated heterocycles. The Balaban J connectivity index is 3.44. The van der Waals surface area contributed by atoms with Gasteiger partial charge in [0.05, 0.1) is 0 Å². The first-order valence-electron chi connectivity index (χ1n) is 4.71. The maximum atomic E-state index is 5.61. The van der Waals surface area contributed by atoms with E-state index in [-0.39, 0.29) is 6.04 Å². The zero-order valence-corrected chi connectivity index (χ0v) is 8.42. The highest BCUT2D eigenvalue weighted by molar-refractivity contribution is 4.76. The minimum absolute atomic E-state index is 0.174. The fraction of sp³-hybridized carbons (Fsp3) is 0.778. The molecule has 0 fully saturated rings. The van der Waals surface area contributed by atoms with Crippen molar-refractivity contribution >= 4 is 0 Å². The van der Waals surface area contributed by atoms with Crippen LogP contribution in [0.25, 0.3) is 0 Å². The van der Waals surface area contributed by atoms with Crippen LogP contribution in [0.4, 0.5) is 0 Å². The quantitative estimate of drug-likeness (QED) is 0.290. The fourth-order valence-electron chi connectivity index (χ4n) is 0.951. The Morgan fingerprint density at radius 3 is 2.62 bits per heavy atom. The van der Waals surface area contributed by atoms with Crippen LogP contribution in [-0.4, -0.2) is 38.3 Å². The highest BCUT2D eigenvalue weighted by atomic mass is 15.0. The van der Waals surface area contributed by atoms with Crippen molar-refractivity contribution < 1.29 is 0 Å². The number of nitrogens with two attached hydrogens (primary N) is 2. The van der Waals surface area contributed by atoms with Crippen molar-refractivity contribution in [2.24, 2.45) is 11.5 Å². The highest BCUT2D eigenvalue weighted by Gasteiger charge is 2.04. The standard InChI is InChI=1S/C9H22N4/c1-3-4-12-7-9(5-10)13-6-8(2)11/h3,8-9,12-13H,1,4-7,10-11H2,2H3. The van der Waals surface area contributed by atoms with Gasteiger partial charge in [0, 0.05) is 38.3 Å². The second kappa shape index (κ2) is 8.19. The monoisotopic (exact) mass is 186 g/mol. The molecule has 0 rings (SSSR count). The second-order valence-electron chi connectivity index (χ2n) is 3.27. The van der Waals surface area contributed by atoms with Crippen molar-refractivity contribution in [1.29, 1.82) is 0 Å². The van der Waals surface area contributed by atoms with Crippen LogP contribution in [0.2, 0.25) is 0 Å². The first-order valence-corrected chi connectivity index (χ1v) is 4.71. The van der Waals surface area contributed by atoms with Crippen LogP contribution < -0.4 is 22.1 Å². The van der Waals surface area contributed by atoms with Gasteiger partial charge < -0.3 is 22.1 Å². The van der Waals surface area contributed by atoms with Gasteiger partial charge >= 0.3 is 0 Å². The van der Waals surface area contributed by atoms with Gasteiger partial charge in [0.15, 0.2) is 0 Å². The average molecular weight is 186 g/mol. The zero-order valence-electron chi connectivity index (χ0n) is 8.42. The van der Waals surface area contributed by atoms with E-state index in [2.05, 4.69) is 17.2 Å². The molecule has 0 aliphatic carbocycles. The van der Waals surface area contributed by atoms with Crippen LogP contribution in [0.1, 0.15) is 6.92 Å². The summed E-state index contributed by atoms with van der Waals surface area (Å²) < 4.78 is 0. The summed E-state index contributed by atoms with van der Waals surface area (Å²) in [5.41, 5.74) is 11.2. The lowest BCUT2D eigenvalue weighted by Crippen LogP contribution is -2.47. The molecular weight excluding hydrogens is 164 g/mol. The Labute approximate surface area is 80.7 Å². The van der Waals surface area contributed by atoms with Crippen LogP contribution in [-0.2, 0) is 0 Å². The summed E-state index contributed by atoms with van der Waals surface area (Å²) >= 11 is 0. The van der Waals surface area contributed by atoms with Crippen LogP contribution >= 0.6 is 0 Å². The van der Waals surface area contributed by atoms with Gasteiger partial charge in [-0.2, -0.15) is 0 Å². The molecule has 0 bridgehead atoms. The van der Waals surface area contributed by atoms with Crippen molar-refractivity contribution in [3.8, 4) is 0 Å². The number of hydrogen-bond acceptors (Lipinski definition) is 4. The molecule has 0 radical (unpaired) electrons. The molecule has 13 heavy (non-hydrogen) atoms. The minimum Gasteiger partial charge on any atom is -0.329 e. The molecule has 0 heterocycles. The molecule has 0 spiro atoms. The van der Waals surface area contributed by atoms with E-state index in [9.17, 15) is 0 Å². The SMILES string of the molecule is C=CCNCC(CN)NCC(C)N. The third-order valence-corrected chi connectivity index (χ3v) is 1.69. The molecule has 78 valence electrons. The van der Waals surface area contributed by atoms with Gasteiger partial charge in [-0.1, -0.05) is 6.08 Å². The topological polar surface area (TPSA) is 76.1 Å². The fourth-order valence-corrected chi connectivity index (χ4v) is 0.951. The summed E-state index contributed by atoms with van der Waals surface area (Å²) in [5, 5.41) is 6.49. The van der Waals surface area contributed by atoms with Gasteiger partial charge in [0.1, 0.15) is 0 Å². The summed E-state index contributed by atoms with van der Waals surface area (Å²) in [6.45, 7) is 8.69. The van der Waals surface area contributed by atoms with Crippen LogP contribution in [0.15, 0.2) is 12.7 Å². The first kappa shape index (κ1) is 12.6. The second-order valence-corrected chi connectivity index (χ2v) is 3.27. The van der Waals surface area contributed by atoms with E-state index in [1.807, 2.05) is 13.0 Å². The summed E-state index contributed by atoms with van der Waals surface area (Å²) in [7, 11) is 0. The van der Waals surface area contributed by atoms with E-state index >= 15 is 0 Å². The predicted molar refractivity (Wildman–Crippen MR) is 57.6 cm³/mol. The molecule has 0 aromatic heterocycles. The van der Waals surface area contributed by atoms with E-state index in [1.165, 1.54) is 0 Å². The summed E-state index contributed by atoms with van der Waals surface area (Å²) in [6, 6.07) is 0.472. The summed E-state index contributed by atoms with van der Waals surface area (Å²) in [5.74, 6) is 0. The lowest BCUT2D eigenvalue weighted by atomic mass is 10.2. The summed E-state index contributed by atoms with van der Waals surface area (Å²) in [6.07, 6.45) is 1.83. The van der Waals surface area contributed by atoms with E-state index in [1.54, 1.807) is 0 Å². The Morgan fingerprint density at radius 1 is 1.46 bits per heavy atom.